The molecular weight excluding hydrogens is 548 g/mol. The highest BCUT2D eigenvalue weighted by molar-refractivity contribution is 6.26. The Labute approximate surface area is 255 Å². The van der Waals surface area contributed by atoms with Gasteiger partial charge in [0.25, 0.3) is 0 Å². The predicted molar refractivity (Wildman–Crippen MR) is 171 cm³/mol. The minimum absolute atomic E-state index is 0.0268. The number of allylic oxidation sites excluding steroid dienone is 1. The molecule has 3 rings (SSSR count). The van der Waals surface area contributed by atoms with Crippen LogP contribution in [-0.4, -0.2) is 45.9 Å². The molecule has 3 N–H and O–H groups in total. The summed E-state index contributed by atoms with van der Waals surface area (Å²) in [5.41, 5.74) is 2.04. The van der Waals surface area contributed by atoms with Crippen molar-refractivity contribution in [3.05, 3.63) is 53.1 Å². The standard InChI is InChI=1S/C30H36N2O7.2C2H6/c1-19(33)25-16-20-10-11-22(34)15-21(20)18-32(26-17-23(35)12-13-24(25)26)28(37)8-5-7-27(36)31-14-6-9-29(38)39-30(2,3)4;2*1-2/h10-13,15-17,34-35H,5-9,14,18H2,1-4H3,(H,31,36);2*1-2H3/b25-16-;;. The summed E-state index contributed by atoms with van der Waals surface area (Å²) >= 11 is 0. The molecule has 1 heterocycles. The number of fused-ring (bicyclic) bond motifs is 2. The monoisotopic (exact) mass is 596 g/mol. The number of rotatable bonds is 9. The molecule has 0 fully saturated rings. The maximum absolute atomic E-state index is 13.4. The van der Waals surface area contributed by atoms with E-state index in [1.807, 2.05) is 27.7 Å². The van der Waals surface area contributed by atoms with Gasteiger partial charge in [0.15, 0.2) is 5.78 Å². The van der Waals surface area contributed by atoms with Crippen molar-refractivity contribution in [3.8, 4) is 11.5 Å². The van der Waals surface area contributed by atoms with Crippen LogP contribution in [0.25, 0.3) is 11.6 Å². The second-order valence-electron chi connectivity index (χ2n) is 10.6. The van der Waals surface area contributed by atoms with Crippen molar-refractivity contribution in [1.82, 2.24) is 5.32 Å². The minimum Gasteiger partial charge on any atom is -0.508 e. The Morgan fingerprint density at radius 2 is 1.51 bits per heavy atom. The average Bonchev–Trinajstić information content (AvgIpc) is 2.94. The van der Waals surface area contributed by atoms with Crippen molar-refractivity contribution in [2.45, 2.75) is 99.6 Å². The molecular formula is C34H48N2O7. The first-order valence-corrected chi connectivity index (χ1v) is 15.0. The van der Waals surface area contributed by atoms with Crippen molar-refractivity contribution in [2.75, 3.05) is 11.4 Å². The van der Waals surface area contributed by atoms with E-state index < -0.39 is 5.60 Å². The second-order valence-corrected chi connectivity index (χ2v) is 10.6. The lowest BCUT2D eigenvalue weighted by atomic mass is 9.92. The van der Waals surface area contributed by atoms with E-state index in [2.05, 4.69) is 5.32 Å². The summed E-state index contributed by atoms with van der Waals surface area (Å²) in [5, 5.41) is 23.0. The van der Waals surface area contributed by atoms with E-state index in [4.69, 9.17) is 4.74 Å². The summed E-state index contributed by atoms with van der Waals surface area (Å²) in [6, 6.07) is 9.26. The van der Waals surface area contributed by atoms with Crippen molar-refractivity contribution in [2.24, 2.45) is 0 Å². The first-order chi connectivity index (χ1) is 20.3. The quantitative estimate of drug-likeness (QED) is 0.221. The topological polar surface area (TPSA) is 133 Å². The van der Waals surface area contributed by atoms with Crippen LogP contribution < -0.4 is 10.2 Å². The highest BCUT2D eigenvalue weighted by Gasteiger charge is 2.26. The number of benzene rings is 2. The number of carbonyl (C=O) groups excluding carboxylic acids is 4. The van der Waals surface area contributed by atoms with E-state index in [-0.39, 0.29) is 67.3 Å². The van der Waals surface area contributed by atoms with E-state index in [9.17, 15) is 29.4 Å². The Bertz CT molecular complexity index is 1290. The number of anilines is 1. The Morgan fingerprint density at radius 3 is 2.14 bits per heavy atom. The number of ketones is 1. The van der Waals surface area contributed by atoms with E-state index in [0.29, 0.717) is 40.9 Å². The molecule has 2 aromatic carbocycles. The Morgan fingerprint density at radius 1 is 0.884 bits per heavy atom. The molecule has 0 bridgehead atoms. The maximum Gasteiger partial charge on any atom is 0.306 e. The molecule has 0 aromatic heterocycles. The number of amides is 2. The second kappa shape index (κ2) is 17.7. The number of nitrogens with zero attached hydrogens (tertiary/aromatic N) is 1. The van der Waals surface area contributed by atoms with Crippen molar-refractivity contribution in [1.29, 1.82) is 0 Å². The number of nitrogens with one attached hydrogen (secondary N) is 1. The lowest BCUT2D eigenvalue weighted by Crippen LogP contribution is -2.32. The SMILES string of the molecule is CC.CC.CC(=O)/C1=C/c2ccc(O)cc2CN(C(=O)CCCC(=O)NCCCC(=O)OC(C)(C)C)c2cc(O)ccc21. The Kier molecular flexibility index (Phi) is 15.2. The van der Waals surface area contributed by atoms with E-state index in [0.717, 1.165) is 0 Å². The number of hydrogen-bond donors (Lipinski definition) is 3. The zero-order chi connectivity index (χ0) is 32.7. The Hall–Kier alpha value is -4.14. The summed E-state index contributed by atoms with van der Waals surface area (Å²) in [6.45, 7) is 15.3. The van der Waals surface area contributed by atoms with Crippen molar-refractivity contribution >= 4 is 40.9 Å². The summed E-state index contributed by atoms with van der Waals surface area (Å²) in [6.07, 6.45) is 2.82. The number of ether oxygens (including phenoxy) is 1. The van der Waals surface area contributed by atoms with Gasteiger partial charge in [-0.15, -0.1) is 0 Å². The highest BCUT2D eigenvalue weighted by Crippen LogP contribution is 2.37. The van der Waals surface area contributed by atoms with Gasteiger partial charge in [0.1, 0.15) is 17.1 Å². The minimum atomic E-state index is -0.551. The van der Waals surface area contributed by atoms with Crippen LogP contribution in [0.2, 0.25) is 0 Å². The van der Waals surface area contributed by atoms with Crippen LogP contribution in [0.4, 0.5) is 5.69 Å². The number of phenols is 2. The van der Waals surface area contributed by atoms with Gasteiger partial charge in [0.2, 0.25) is 11.8 Å². The zero-order valence-electron chi connectivity index (χ0n) is 26.9. The van der Waals surface area contributed by atoms with Crippen LogP contribution in [0.1, 0.15) is 104 Å². The summed E-state index contributed by atoms with van der Waals surface area (Å²) < 4.78 is 5.25. The van der Waals surface area contributed by atoms with E-state index in [1.165, 1.54) is 30.0 Å². The molecule has 0 radical (unpaired) electrons. The Balaban J connectivity index is 0.00000221. The third-order valence-corrected chi connectivity index (χ3v) is 6.09. The molecule has 9 nitrogen and oxygen atoms in total. The normalized spacial score (nSPS) is 13.1. The molecule has 0 atom stereocenters. The summed E-state index contributed by atoms with van der Waals surface area (Å²) in [7, 11) is 0. The molecule has 0 unspecified atom stereocenters. The van der Waals surface area contributed by atoms with Crippen LogP contribution in [0.15, 0.2) is 36.4 Å². The lowest BCUT2D eigenvalue weighted by Gasteiger charge is -2.29. The van der Waals surface area contributed by atoms with Crippen LogP contribution in [0.3, 0.4) is 0 Å². The first-order valence-electron chi connectivity index (χ1n) is 15.0. The fourth-order valence-corrected chi connectivity index (χ4v) is 4.32. The number of hydrogen-bond acceptors (Lipinski definition) is 7. The van der Waals surface area contributed by atoms with Gasteiger partial charge in [0.05, 0.1) is 12.2 Å². The molecule has 236 valence electrons. The molecule has 0 aliphatic carbocycles. The van der Waals surface area contributed by atoms with Crippen LogP contribution in [0, 0.1) is 0 Å². The van der Waals surface area contributed by atoms with Crippen LogP contribution >= 0.6 is 0 Å². The van der Waals surface area contributed by atoms with E-state index in [1.54, 1.807) is 45.0 Å². The zero-order valence-corrected chi connectivity index (χ0v) is 26.9. The predicted octanol–water partition coefficient (Wildman–Crippen LogP) is 6.53. The molecule has 9 heteroatoms. The van der Waals surface area contributed by atoms with Gasteiger partial charge in [-0.25, -0.2) is 0 Å². The van der Waals surface area contributed by atoms with Gasteiger partial charge in [0, 0.05) is 43.0 Å². The molecule has 1 aliphatic heterocycles. The maximum atomic E-state index is 13.4. The van der Waals surface area contributed by atoms with E-state index >= 15 is 0 Å². The van der Waals surface area contributed by atoms with Gasteiger partial charge in [-0.2, -0.15) is 0 Å². The number of aromatic hydroxyl groups is 2. The fourth-order valence-electron chi connectivity index (χ4n) is 4.32. The third-order valence-electron chi connectivity index (χ3n) is 6.09. The smallest absolute Gasteiger partial charge is 0.306 e. The molecule has 1 aliphatic rings. The fraction of sp³-hybridized carbons (Fsp3) is 0.471. The van der Waals surface area contributed by atoms with Gasteiger partial charge >= 0.3 is 5.97 Å². The number of esters is 1. The van der Waals surface area contributed by atoms with Gasteiger partial charge < -0.3 is 25.2 Å². The molecule has 0 spiro atoms. The molecule has 0 saturated heterocycles. The van der Waals surface area contributed by atoms with Crippen LogP contribution in [0.5, 0.6) is 11.5 Å². The lowest BCUT2D eigenvalue weighted by molar-refractivity contribution is -0.155. The molecule has 0 saturated carbocycles. The number of Topliss-reactive ketones (excluding diaryl/α,β-unsaturated/α-hetero) is 1. The summed E-state index contributed by atoms with van der Waals surface area (Å²) in [4.78, 5) is 51.5. The molecule has 2 amide bonds. The average molecular weight is 597 g/mol. The van der Waals surface area contributed by atoms with Crippen molar-refractivity contribution in [3.63, 3.8) is 0 Å². The largest absolute Gasteiger partial charge is 0.508 e. The summed E-state index contributed by atoms with van der Waals surface area (Å²) in [5.74, 6) is -1.08. The van der Waals surface area contributed by atoms with Gasteiger partial charge in [-0.05, 0) is 82.0 Å². The highest BCUT2D eigenvalue weighted by atomic mass is 16.6. The number of carbonyl (C=O) groups is 4. The molecule has 43 heavy (non-hydrogen) atoms. The number of phenolic OH excluding ortho intramolecular Hbond substituents is 2. The third kappa shape index (κ3) is 11.9. The van der Waals surface area contributed by atoms with Gasteiger partial charge in [-0.3, -0.25) is 19.2 Å². The first kappa shape index (κ1) is 36.9. The molecule has 2 aromatic rings. The van der Waals surface area contributed by atoms with Gasteiger partial charge in [-0.1, -0.05) is 33.8 Å². The van der Waals surface area contributed by atoms with Crippen molar-refractivity contribution < 1.29 is 34.1 Å². The van der Waals surface area contributed by atoms with Crippen LogP contribution in [-0.2, 0) is 30.5 Å².